The van der Waals surface area contributed by atoms with Crippen LogP contribution in [0, 0.1) is 5.92 Å². The number of aliphatic carboxylic acids is 1. The molecule has 4 heteroatoms. The van der Waals surface area contributed by atoms with E-state index in [2.05, 4.69) is 17.1 Å². The fraction of sp³-hybridized carbons (Fsp3) is 0.933. The first-order valence-electron chi connectivity index (χ1n) is 7.84. The molecule has 1 aliphatic heterocycles. The molecule has 3 aliphatic rings. The second kappa shape index (κ2) is 5.06. The molecule has 1 saturated heterocycles. The van der Waals surface area contributed by atoms with Crippen molar-refractivity contribution in [3.8, 4) is 0 Å². The van der Waals surface area contributed by atoms with Crippen LogP contribution >= 0.6 is 0 Å². The molecule has 2 atom stereocenters. The molecule has 108 valence electrons. The van der Waals surface area contributed by atoms with Crippen LogP contribution in [0.25, 0.3) is 0 Å². The van der Waals surface area contributed by atoms with E-state index < -0.39 is 11.5 Å². The second-order valence-electron chi connectivity index (χ2n) is 6.92. The van der Waals surface area contributed by atoms with Gasteiger partial charge in [-0.2, -0.15) is 0 Å². The Balaban J connectivity index is 1.62. The van der Waals surface area contributed by atoms with Crippen LogP contribution in [0.15, 0.2) is 0 Å². The average Bonchev–Trinajstić information content (AvgIpc) is 3.08. The molecular weight excluding hydrogens is 240 g/mol. The molecule has 0 aromatic rings. The summed E-state index contributed by atoms with van der Waals surface area (Å²) in [6.07, 6.45) is 7.49. The number of piperidine rings is 1. The number of rotatable bonds is 4. The van der Waals surface area contributed by atoms with Crippen LogP contribution in [0.2, 0.25) is 0 Å². The molecule has 4 nitrogen and oxygen atoms in total. The summed E-state index contributed by atoms with van der Waals surface area (Å²) in [5, 5.41) is 13.0. The van der Waals surface area contributed by atoms with E-state index in [1.165, 1.54) is 12.8 Å². The summed E-state index contributed by atoms with van der Waals surface area (Å²) in [5.74, 6) is 0.207. The topological polar surface area (TPSA) is 52.6 Å². The summed E-state index contributed by atoms with van der Waals surface area (Å²) >= 11 is 0. The van der Waals surface area contributed by atoms with Gasteiger partial charge >= 0.3 is 5.97 Å². The Morgan fingerprint density at radius 2 is 1.89 bits per heavy atom. The lowest BCUT2D eigenvalue weighted by molar-refractivity contribution is -0.145. The zero-order valence-electron chi connectivity index (χ0n) is 11.9. The molecule has 0 radical (unpaired) electrons. The Labute approximate surface area is 115 Å². The Kier molecular flexibility index (Phi) is 3.56. The van der Waals surface area contributed by atoms with Gasteiger partial charge in [0.15, 0.2) is 0 Å². The molecule has 1 heterocycles. The van der Waals surface area contributed by atoms with Crippen molar-refractivity contribution in [3.63, 3.8) is 0 Å². The second-order valence-corrected chi connectivity index (χ2v) is 6.92. The normalized spacial score (nSPS) is 37.6. The molecule has 2 saturated carbocycles. The summed E-state index contributed by atoms with van der Waals surface area (Å²) in [6.45, 7) is 4.64. The molecular formula is C15H26N2O2. The first-order valence-corrected chi connectivity index (χ1v) is 7.84. The van der Waals surface area contributed by atoms with Crippen LogP contribution in [0.3, 0.4) is 0 Å². The maximum Gasteiger partial charge on any atom is 0.323 e. The third-order valence-corrected chi connectivity index (χ3v) is 5.29. The Bertz CT molecular complexity index is 348. The fourth-order valence-corrected chi connectivity index (χ4v) is 3.73. The molecule has 3 fully saturated rings. The van der Waals surface area contributed by atoms with Crippen molar-refractivity contribution in [2.75, 3.05) is 13.1 Å². The van der Waals surface area contributed by atoms with E-state index in [9.17, 15) is 9.90 Å². The summed E-state index contributed by atoms with van der Waals surface area (Å²) in [5.41, 5.74) is -0.630. The van der Waals surface area contributed by atoms with Gasteiger partial charge in [0.1, 0.15) is 5.54 Å². The molecule has 2 unspecified atom stereocenters. The SMILES string of the molecule is CC1CCN(C2CCC(NC3CC3)(C(=O)O)C2)CC1. The van der Waals surface area contributed by atoms with Gasteiger partial charge < -0.3 is 10.0 Å². The highest BCUT2D eigenvalue weighted by atomic mass is 16.4. The summed E-state index contributed by atoms with van der Waals surface area (Å²) < 4.78 is 0. The number of hydrogen-bond acceptors (Lipinski definition) is 3. The third kappa shape index (κ3) is 2.79. The Hall–Kier alpha value is -0.610. The number of nitrogens with one attached hydrogen (secondary N) is 1. The lowest BCUT2D eigenvalue weighted by Crippen LogP contribution is -2.52. The van der Waals surface area contributed by atoms with Gasteiger partial charge in [-0.15, -0.1) is 0 Å². The molecule has 2 N–H and O–H groups in total. The van der Waals surface area contributed by atoms with E-state index in [1.807, 2.05) is 0 Å². The van der Waals surface area contributed by atoms with Crippen LogP contribution in [-0.4, -0.2) is 46.7 Å². The summed E-state index contributed by atoms with van der Waals surface area (Å²) in [4.78, 5) is 14.2. The first kappa shape index (κ1) is 13.4. The molecule has 0 amide bonds. The molecule has 0 spiro atoms. The number of nitrogens with zero attached hydrogens (tertiary/aromatic N) is 1. The van der Waals surface area contributed by atoms with E-state index in [-0.39, 0.29) is 0 Å². The Morgan fingerprint density at radius 3 is 2.47 bits per heavy atom. The van der Waals surface area contributed by atoms with Gasteiger partial charge in [-0.05, 0) is 64.0 Å². The van der Waals surface area contributed by atoms with Gasteiger partial charge in [0.2, 0.25) is 0 Å². The van der Waals surface area contributed by atoms with Gasteiger partial charge in [-0.3, -0.25) is 10.1 Å². The lowest BCUT2D eigenvalue weighted by atomic mass is 9.95. The predicted molar refractivity (Wildman–Crippen MR) is 74.1 cm³/mol. The van der Waals surface area contributed by atoms with Crippen molar-refractivity contribution >= 4 is 5.97 Å². The predicted octanol–water partition coefficient (Wildman–Crippen LogP) is 1.85. The standard InChI is InChI=1S/C15H26N2O2/c1-11-5-8-17(9-6-11)13-4-7-15(10-13,14(18)19)16-12-2-3-12/h11-13,16H,2-10H2,1H3,(H,18,19). The van der Waals surface area contributed by atoms with Gasteiger partial charge in [0, 0.05) is 12.1 Å². The van der Waals surface area contributed by atoms with E-state index in [4.69, 9.17) is 0 Å². The molecule has 0 aromatic carbocycles. The van der Waals surface area contributed by atoms with E-state index in [1.54, 1.807) is 0 Å². The zero-order chi connectivity index (χ0) is 13.5. The van der Waals surface area contributed by atoms with Gasteiger partial charge in [0.05, 0.1) is 0 Å². The molecule has 3 rings (SSSR count). The van der Waals surface area contributed by atoms with Crippen molar-refractivity contribution in [3.05, 3.63) is 0 Å². The fourth-order valence-electron chi connectivity index (χ4n) is 3.73. The maximum atomic E-state index is 11.7. The summed E-state index contributed by atoms with van der Waals surface area (Å²) in [7, 11) is 0. The van der Waals surface area contributed by atoms with E-state index >= 15 is 0 Å². The quantitative estimate of drug-likeness (QED) is 0.815. The van der Waals surface area contributed by atoms with Gasteiger partial charge in [-0.1, -0.05) is 6.92 Å². The van der Waals surface area contributed by atoms with Crippen LogP contribution in [-0.2, 0) is 4.79 Å². The minimum absolute atomic E-state index is 0.469. The number of carboxylic acid groups (broad SMARTS) is 1. The van der Waals surface area contributed by atoms with Crippen molar-refractivity contribution in [1.82, 2.24) is 10.2 Å². The van der Waals surface area contributed by atoms with E-state index in [0.29, 0.717) is 12.1 Å². The van der Waals surface area contributed by atoms with Crippen LogP contribution in [0.1, 0.15) is 51.9 Å². The first-order chi connectivity index (χ1) is 9.09. The van der Waals surface area contributed by atoms with Gasteiger partial charge in [0.25, 0.3) is 0 Å². The molecule has 0 aromatic heterocycles. The van der Waals surface area contributed by atoms with E-state index in [0.717, 1.165) is 51.1 Å². The highest BCUT2D eigenvalue weighted by Crippen LogP contribution is 2.37. The highest BCUT2D eigenvalue weighted by molar-refractivity contribution is 5.79. The maximum absolute atomic E-state index is 11.7. The average molecular weight is 266 g/mol. The van der Waals surface area contributed by atoms with Gasteiger partial charge in [-0.25, -0.2) is 0 Å². The van der Waals surface area contributed by atoms with Crippen molar-refractivity contribution in [2.24, 2.45) is 5.92 Å². The Morgan fingerprint density at radius 1 is 1.21 bits per heavy atom. The molecule has 2 aliphatic carbocycles. The number of likely N-dealkylation sites (tertiary alicyclic amines) is 1. The van der Waals surface area contributed by atoms with Crippen LogP contribution < -0.4 is 5.32 Å². The lowest BCUT2D eigenvalue weighted by Gasteiger charge is -2.36. The summed E-state index contributed by atoms with van der Waals surface area (Å²) in [6, 6.07) is 0.950. The van der Waals surface area contributed by atoms with Crippen LogP contribution in [0.5, 0.6) is 0 Å². The minimum Gasteiger partial charge on any atom is -0.480 e. The highest BCUT2D eigenvalue weighted by Gasteiger charge is 2.49. The molecule has 19 heavy (non-hydrogen) atoms. The monoisotopic (exact) mass is 266 g/mol. The van der Waals surface area contributed by atoms with Crippen molar-refractivity contribution in [1.29, 1.82) is 0 Å². The largest absolute Gasteiger partial charge is 0.480 e. The number of hydrogen-bond donors (Lipinski definition) is 2. The minimum atomic E-state index is -0.632. The smallest absolute Gasteiger partial charge is 0.323 e. The zero-order valence-corrected chi connectivity index (χ0v) is 11.9. The van der Waals surface area contributed by atoms with Crippen LogP contribution in [0.4, 0.5) is 0 Å². The number of carboxylic acids is 1. The number of carbonyl (C=O) groups is 1. The van der Waals surface area contributed by atoms with Crippen molar-refractivity contribution in [2.45, 2.75) is 69.5 Å². The molecule has 0 bridgehead atoms. The third-order valence-electron chi connectivity index (χ3n) is 5.29. The van der Waals surface area contributed by atoms with Crippen molar-refractivity contribution < 1.29 is 9.90 Å².